The van der Waals surface area contributed by atoms with E-state index in [0.717, 1.165) is 11.0 Å². The summed E-state index contributed by atoms with van der Waals surface area (Å²) in [5.41, 5.74) is 1.46. The van der Waals surface area contributed by atoms with Crippen LogP contribution in [0, 0.1) is 10.2 Å². The predicted molar refractivity (Wildman–Crippen MR) is 127 cm³/mol. The Morgan fingerprint density at radius 1 is 0.576 bits per heavy atom. The van der Waals surface area contributed by atoms with Crippen LogP contribution in [0.2, 0.25) is 0 Å². The van der Waals surface area contributed by atoms with Gasteiger partial charge in [0, 0.05) is 5.56 Å². The zero-order valence-electron chi connectivity index (χ0n) is 21.6. The number of benzene rings is 1. The summed E-state index contributed by atoms with van der Waals surface area (Å²) in [4.78, 5) is 0. The molecule has 0 bridgehead atoms. The Labute approximate surface area is 206 Å². The summed E-state index contributed by atoms with van der Waals surface area (Å²) < 4.78 is 35.1. The van der Waals surface area contributed by atoms with Gasteiger partial charge in [-0.05, 0) is 12.8 Å². The fourth-order valence-electron chi connectivity index (χ4n) is 4.24. The lowest BCUT2D eigenvalue weighted by molar-refractivity contribution is -2.00. The second-order valence-electron chi connectivity index (χ2n) is 9.98. The molecule has 0 atom stereocenters. The molecule has 0 aliphatic heterocycles. The third-order valence-corrected chi connectivity index (χ3v) is 6.07. The summed E-state index contributed by atoms with van der Waals surface area (Å²) >= 11 is 0. The molecular weight excluding hydrogens is 438 g/mol. The van der Waals surface area contributed by atoms with Crippen LogP contribution in [0.3, 0.4) is 0 Å². The Balaban J connectivity index is 0.00000184. The third-order valence-electron chi connectivity index (χ3n) is 6.07. The Kier molecular flexibility index (Phi) is 20.2. The number of quaternary nitrogens is 1. The Morgan fingerprint density at radius 3 is 1.27 bits per heavy atom. The standard InChI is InChI=1S/C27H50N.ClHO4/c1-4-5-6-7-8-9-10-11-12-13-14-15-16-17-18-22-25-28(2,3)26-27-23-20-19-21-24-27;2-1(3,4)5/h19-21,23-24H,4-18,22,25-26H2,1-3H3;(H,2,3,4,5)/q+1;/p-1. The van der Waals surface area contributed by atoms with Crippen molar-refractivity contribution in [3.63, 3.8) is 0 Å². The molecule has 0 unspecified atom stereocenters. The third kappa shape index (κ3) is 27.4. The van der Waals surface area contributed by atoms with E-state index in [1.807, 2.05) is 0 Å². The number of hydrogen-bond acceptors (Lipinski definition) is 4. The van der Waals surface area contributed by atoms with Crippen LogP contribution in [-0.2, 0) is 6.54 Å². The molecule has 0 aliphatic rings. The smallest absolute Gasteiger partial charge is 0.104 e. The molecule has 0 aromatic heterocycles. The van der Waals surface area contributed by atoms with Gasteiger partial charge in [-0.2, -0.15) is 0 Å². The quantitative estimate of drug-likeness (QED) is 0.219. The van der Waals surface area contributed by atoms with Gasteiger partial charge in [0.05, 0.1) is 20.6 Å². The molecule has 0 N–H and O–H groups in total. The lowest BCUT2D eigenvalue weighted by Gasteiger charge is -2.30. The molecular formula is C27H50ClNO4. The molecule has 6 heteroatoms. The van der Waals surface area contributed by atoms with Crippen molar-refractivity contribution in [2.75, 3.05) is 20.6 Å². The molecule has 0 radical (unpaired) electrons. The van der Waals surface area contributed by atoms with E-state index in [9.17, 15) is 0 Å². The van der Waals surface area contributed by atoms with Crippen LogP contribution >= 0.6 is 0 Å². The van der Waals surface area contributed by atoms with Gasteiger partial charge < -0.3 is 4.48 Å². The molecule has 33 heavy (non-hydrogen) atoms. The molecule has 1 aromatic carbocycles. The monoisotopic (exact) mass is 487 g/mol. The SMILES string of the molecule is CCCCCCCCCCCCCCCCCC[N+](C)(C)Cc1ccccc1.[O-][Cl+3]([O-])([O-])[O-]. The van der Waals surface area contributed by atoms with Gasteiger partial charge in [-0.15, -0.1) is 10.2 Å². The number of rotatable bonds is 19. The van der Waals surface area contributed by atoms with Gasteiger partial charge in [0.15, 0.2) is 0 Å². The summed E-state index contributed by atoms with van der Waals surface area (Å²) in [7, 11) is -0.198. The molecule has 0 aliphatic carbocycles. The van der Waals surface area contributed by atoms with E-state index in [0.29, 0.717) is 0 Å². The lowest BCUT2D eigenvalue weighted by atomic mass is 10.0. The number of nitrogens with zero attached hydrogens (tertiary/aromatic N) is 1. The van der Waals surface area contributed by atoms with E-state index in [4.69, 9.17) is 18.6 Å². The fourth-order valence-corrected chi connectivity index (χ4v) is 4.24. The maximum absolute atomic E-state index is 8.49. The van der Waals surface area contributed by atoms with E-state index in [1.165, 1.54) is 115 Å². The molecule has 0 spiro atoms. The highest BCUT2D eigenvalue weighted by Crippen LogP contribution is 2.15. The van der Waals surface area contributed by atoms with Crippen molar-refractivity contribution in [3.05, 3.63) is 35.9 Å². The van der Waals surface area contributed by atoms with Crippen molar-refractivity contribution in [3.8, 4) is 0 Å². The predicted octanol–water partition coefficient (Wildman–Crippen LogP) is 3.77. The van der Waals surface area contributed by atoms with Crippen molar-refractivity contribution in [1.29, 1.82) is 0 Å². The zero-order chi connectivity index (χ0) is 24.8. The first-order valence-corrected chi connectivity index (χ1v) is 14.3. The summed E-state index contributed by atoms with van der Waals surface area (Å²) in [6.45, 7) is 4.75. The highest BCUT2D eigenvalue weighted by molar-refractivity contribution is 5.13. The molecule has 1 aromatic rings. The van der Waals surface area contributed by atoms with Gasteiger partial charge in [0.25, 0.3) is 0 Å². The van der Waals surface area contributed by atoms with Crippen LogP contribution in [0.1, 0.15) is 115 Å². The summed E-state index contributed by atoms with van der Waals surface area (Å²) in [5.74, 6) is 0. The van der Waals surface area contributed by atoms with Crippen LogP contribution in [0.25, 0.3) is 0 Å². The average molecular weight is 488 g/mol. The van der Waals surface area contributed by atoms with Gasteiger partial charge in [0.1, 0.15) is 6.54 Å². The second kappa shape index (κ2) is 20.7. The largest absolute Gasteiger partial charge is 0.325 e. The molecule has 5 nitrogen and oxygen atoms in total. The Morgan fingerprint density at radius 2 is 0.909 bits per heavy atom. The molecule has 0 saturated carbocycles. The van der Waals surface area contributed by atoms with E-state index in [2.05, 4.69) is 51.4 Å². The maximum Gasteiger partial charge on any atom is 0.104 e. The van der Waals surface area contributed by atoms with Crippen LogP contribution in [0.15, 0.2) is 30.3 Å². The van der Waals surface area contributed by atoms with E-state index < -0.39 is 10.2 Å². The van der Waals surface area contributed by atoms with E-state index >= 15 is 0 Å². The molecule has 1 rings (SSSR count). The minimum atomic E-state index is -4.94. The van der Waals surface area contributed by atoms with Crippen LogP contribution < -0.4 is 18.6 Å². The van der Waals surface area contributed by atoms with Crippen LogP contribution in [-0.4, -0.2) is 25.1 Å². The second-order valence-corrected chi connectivity index (χ2v) is 10.7. The number of unbranched alkanes of at least 4 members (excludes halogenated alkanes) is 15. The van der Waals surface area contributed by atoms with E-state index in [-0.39, 0.29) is 0 Å². The first kappa shape index (κ1) is 32.3. The van der Waals surface area contributed by atoms with Crippen molar-refractivity contribution in [1.82, 2.24) is 0 Å². The van der Waals surface area contributed by atoms with Crippen molar-refractivity contribution < 1.29 is 33.4 Å². The summed E-state index contributed by atoms with van der Waals surface area (Å²) in [6, 6.07) is 10.9. The van der Waals surface area contributed by atoms with Gasteiger partial charge in [-0.1, -0.05) is 127 Å². The maximum atomic E-state index is 8.49. The molecule has 0 amide bonds. The van der Waals surface area contributed by atoms with Gasteiger partial charge in [-0.25, -0.2) is 18.6 Å². The van der Waals surface area contributed by atoms with E-state index in [1.54, 1.807) is 0 Å². The summed E-state index contributed by atoms with van der Waals surface area (Å²) in [5, 5.41) is 0. The first-order valence-electron chi connectivity index (χ1n) is 13.1. The summed E-state index contributed by atoms with van der Waals surface area (Å²) in [6.07, 6.45) is 23.2. The van der Waals surface area contributed by atoms with Crippen LogP contribution in [0.5, 0.6) is 0 Å². The van der Waals surface area contributed by atoms with Crippen molar-refractivity contribution in [2.24, 2.45) is 0 Å². The highest BCUT2D eigenvalue weighted by atomic mass is 35.7. The normalized spacial score (nSPS) is 11.8. The minimum absolute atomic E-state index is 1.11. The van der Waals surface area contributed by atoms with Gasteiger partial charge >= 0.3 is 0 Å². The molecule has 0 heterocycles. The van der Waals surface area contributed by atoms with Gasteiger partial charge in [-0.3, -0.25) is 0 Å². The van der Waals surface area contributed by atoms with Crippen LogP contribution in [0.4, 0.5) is 0 Å². The average Bonchev–Trinajstić information content (AvgIpc) is 2.72. The minimum Gasteiger partial charge on any atom is -0.325 e. The highest BCUT2D eigenvalue weighted by Gasteiger charge is 2.14. The molecule has 0 fully saturated rings. The fraction of sp³-hybridized carbons (Fsp3) is 0.778. The number of halogens is 1. The Bertz CT molecular complexity index is 529. The molecule has 194 valence electrons. The van der Waals surface area contributed by atoms with Crippen molar-refractivity contribution in [2.45, 2.75) is 116 Å². The zero-order valence-corrected chi connectivity index (χ0v) is 22.3. The Hall–Kier alpha value is -0.690. The first-order chi connectivity index (χ1) is 15.6. The van der Waals surface area contributed by atoms with Gasteiger partial charge in [0.2, 0.25) is 0 Å². The topological polar surface area (TPSA) is 92.2 Å². The lowest BCUT2D eigenvalue weighted by Crippen LogP contribution is -2.68. The molecule has 0 saturated heterocycles. The van der Waals surface area contributed by atoms with Crippen molar-refractivity contribution >= 4 is 0 Å². The number of hydrogen-bond donors (Lipinski definition) is 0.